The first-order chi connectivity index (χ1) is 12.0. The highest BCUT2D eigenvalue weighted by Crippen LogP contribution is 2.20. The highest BCUT2D eigenvalue weighted by atomic mass is 35.5. The van der Waals surface area contributed by atoms with Gasteiger partial charge in [-0.3, -0.25) is 9.59 Å². The Hall–Kier alpha value is -2.93. The van der Waals surface area contributed by atoms with Crippen molar-refractivity contribution in [1.29, 1.82) is 0 Å². The van der Waals surface area contributed by atoms with E-state index < -0.39 is 23.3 Å². The van der Waals surface area contributed by atoms with Crippen LogP contribution in [-0.4, -0.2) is 15.7 Å². The summed E-state index contributed by atoms with van der Waals surface area (Å²) in [6.07, 6.45) is 1.49. The lowest BCUT2D eigenvalue weighted by Crippen LogP contribution is -2.33. The Morgan fingerprint density at radius 3 is 2.80 bits per heavy atom. The molecule has 3 aromatic rings. The number of hydrogen-bond donors (Lipinski definition) is 1. The quantitative estimate of drug-likeness (QED) is 0.771. The molecule has 1 amide bonds. The summed E-state index contributed by atoms with van der Waals surface area (Å²) >= 11 is 5.69. The van der Waals surface area contributed by atoms with Gasteiger partial charge >= 0.3 is 0 Å². The third-order valence-corrected chi connectivity index (χ3v) is 3.82. The van der Waals surface area contributed by atoms with E-state index in [2.05, 4.69) is 10.4 Å². The van der Waals surface area contributed by atoms with E-state index in [9.17, 15) is 14.0 Å². The maximum absolute atomic E-state index is 13.2. The molecule has 3 rings (SSSR count). The molecule has 0 aliphatic heterocycles. The van der Waals surface area contributed by atoms with Crippen LogP contribution >= 0.6 is 11.6 Å². The fourth-order valence-electron chi connectivity index (χ4n) is 2.19. The molecule has 1 aromatic carbocycles. The monoisotopic (exact) mass is 361 g/mol. The number of rotatable bonds is 4. The van der Waals surface area contributed by atoms with Crippen LogP contribution in [0.2, 0.25) is 5.02 Å². The normalized spacial score (nSPS) is 12.0. The number of anilines is 1. The number of nitrogens with zero attached hydrogens (tertiary/aromatic N) is 2. The molecule has 0 bridgehead atoms. The Balaban J connectivity index is 1.85. The van der Waals surface area contributed by atoms with E-state index in [1.54, 1.807) is 12.1 Å². The molecule has 6 nitrogen and oxygen atoms in total. The second-order valence-corrected chi connectivity index (χ2v) is 5.68. The zero-order valence-electron chi connectivity index (χ0n) is 13.1. The molecule has 0 aliphatic rings. The van der Waals surface area contributed by atoms with Crippen LogP contribution in [-0.2, 0) is 4.79 Å². The smallest absolute Gasteiger partial charge is 0.267 e. The van der Waals surface area contributed by atoms with Gasteiger partial charge < -0.3 is 9.73 Å². The maximum Gasteiger partial charge on any atom is 0.267 e. The molecule has 0 radical (unpaired) electrons. The number of amides is 1. The molecule has 0 spiro atoms. The fourth-order valence-corrected chi connectivity index (χ4v) is 2.37. The Morgan fingerprint density at radius 1 is 1.32 bits per heavy atom. The highest BCUT2D eigenvalue weighted by Gasteiger charge is 2.19. The SMILES string of the molecule is CC(C(=O)Nc1ccc(F)c(Cl)c1)n1nc(-c2ccco2)ccc1=O. The van der Waals surface area contributed by atoms with Crippen LogP contribution < -0.4 is 10.9 Å². The van der Waals surface area contributed by atoms with Gasteiger partial charge in [-0.2, -0.15) is 5.10 Å². The van der Waals surface area contributed by atoms with Crippen LogP contribution in [0, 0.1) is 5.82 Å². The van der Waals surface area contributed by atoms with E-state index in [4.69, 9.17) is 16.0 Å². The van der Waals surface area contributed by atoms with E-state index in [1.165, 1.54) is 37.5 Å². The molecule has 0 saturated heterocycles. The molecule has 1 N–H and O–H groups in total. The molecule has 1 atom stereocenters. The van der Waals surface area contributed by atoms with Crippen molar-refractivity contribution in [3.05, 3.63) is 69.9 Å². The predicted octanol–water partition coefficient (Wildman–Crippen LogP) is 3.50. The van der Waals surface area contributed by atoms with Crippen molar-refractivity contribution in [1.82, 2.24) is 9.78 Å². The molecule has 0 aliphatic carbocycles. The van der Waals surface area contributed by atoms with Crippen molar-refractivity contribution >= 4 is 23.2 Å². The van der Waals surface area contributed by atoms with Gasteiger partial charge in [0.1, 0.15) is 17.6 Å². The van der Waals surface area contributed by atoms with E-state index in [-0.39, 0.29) is 5.02 Å². The number of benzene rings is 1. The second kappa shape index (κ2) is 6.90. The van der Waals surface area contributed by atoms with Crippen molar-refractivity contribution < 1.29 is 13.6 Å². The van der Waals surface area contributed by atoms with Crippen LogP contribution in [0.15, 0.2) is 57.9 Å². The number of hydrogen-bond acceptors (Lipinski definition) is 4. The lowest BCUT2D eigenvalue weighted by Gasteiger charge is -2.14. The molecule has 0 fully saturated rings. The van der Waals surface area contributed by atoms with Crippen LogP contribution in [0.5, 0.6) is 0 Å². The van der Waals surface area contributed by atoms with Crippen molar-refractivity contribution in [3.63, 3.8) is 0 Å². The first kappa shape index (κ1) is 16.9. The summed E-state index contributed by atoms with van der Waals surface area (Å²) in [6, 6.07) is 9.13. The molecule has 2 aromatic heterocycles. The average Bonchev–Trinajstić information content (AvgIpc) is 3.12. The van der Waals surface area contributed by atoms with Gasteiger partial charge in [-0.15, -0.1) is 0 Å². The van der Waals surface area contributed by atoms with E-state index in [0.717, 1.165) is 10.7 Å². The Kier molecular flexibility index (Phi) is 4.67. The largest absolute Gasteiger partial charge is 0.463 e. The van der Waals surface area contributed by atoms with Crippen molar-refractivity contribution in [3.8, 4) is 11.5 Å². The summed E-state index contributed by atoms with van der Waals surface area (Å²) in [5.74, 6) is -0.600. The van der Waals surface area contributed by atoms with Crippen molar-refractivity contribution in [2.24, 2.45) is 0 Å². The lowest BCUT2D eigenvalue weighted by atomic mass is 10.2. The minimum absolute atomic E-state index is 0.111. The minimum atomic E-state index is -0.897. The first-order valence-corrected chi connectivity index (χ1v) is 7.73. The molecular weight excluding hydrogens is 349 g/mol. The highest BCUT2D eigenvalue weighted by molar-refractivity contribution is 6.31. The standard InChI is InChI=1S/C17H13ClFN3O3/c1-10(17(24)20-11-4-5-13(19)12(18)9-11)22-16(23)7-6-14(21-22)15-3-2-8-25-15/h2-10H,1H3,(H,20,24). The number of aromatic nitrogens is 2. The minimum Gasteiger partial charge on any atom is -0.463 e. The molecule has 2 heterocycles. The summed E-state index contributed by atoms with van der Waals surface area (Å²) in [4.78, 5) is 24.4. The molecule has 8 heteroatoms. The first-order valence-electron chi connectivity index (χ1n) is 7.35. The number of halogens is 2. The molecular formula is C17H13ClFN3O3. The lowest BCUT2D eigenvalue weighted by molar-refractivity contribution is -0.119. The number of nitrogens with one attached hydrogen (secondary N) is 1. The summed E-state index contributed by atoms with van der Waals surface area (Å²) in [7, 11) is 0. The molecule has 1 unspecified atom stereocenters. The number of furan rings is 1. The Bertz CT molecular complexity index is 970. The van der Waals surface area contributed by atoms with Gasteiger partial charge in [0.05, 0.1) is 11.3 Å². The molecule has 25 heavy (non-hydrogen) atoms. The second-order valence-electron chi connectivity index (χ2n) is 5.27. The van der Waals surface area contributed by atoms with Crippen LogP contribution in [0.1, 0.15) is 13.0 Å². The third kappa shape index (κ3) is 3.61. The Morgan fingerprint density at radius 2 is 2.12 bits per heavy atom. The third-order valence-electron chi connectivity index (χ3n) is 3.53. The van der Waals surface area contributed by atoms with Crippen molar-refractivity contribution in [2.45, 2.75) is 13.0 Å². The Labute approximate surface area is 146 Å². The van der Waals surface area contributed by atoms with E-state index in [1.807, 2.05) is 0 Å². The summed E-state index contributed by atoms with van der Waals surface area (Å²) < 4.78 is 19.5. The van der Waals surface area contributed by atoms with Crippen LogP contribution in [0.4, 0.5) is 10.1 Å². The predicted molar refractivity (Wildman–Crippen MR) is 90.9 cm³/mol. The summed E-state index contributed by atoms with van der Waals surface area (Å²) in [6.45, 7) is 1.53. The zero-order valence-corrected chi connectivity index (χ0v) is 13.8. The van der Waals surface area contributed by atoms with E-state index >= 15 is 0 Å². The number of carbonyl (C=O) groups excluding carboxylic acids is 1. The van der Waals surface area contributed by atoms with Gasteiger partial charge in [0.2, 0.25) is 5.91 Å². The van der Waals surface area contributed by atoms with Crippen LogP contribution in [0.25, 0.3) is 11.5 Å². The van der Waals surface area contributed by atoms with Crippen LogP contribution in [0.3, 0.4) is 0 Å². The average molecular weight is 362 g/mol. The van der Waals surface area contributed by atoms with E-state index in [0.29, 0.717) is 17.1 Å². The van der Waals surface area contributed by atoms with Crippen molar-refractivity contribution in [2.75, 3.05) is 5.32 Å². The fraction of sp³-hybridized carbons (Fsp3) is 0.118. The summed E-state index contributed by atoms with van der Waals surface area (Å²) in [5.41, 5.74) is 0.308. The number of carbonyl (C=O) groups is 1. The van der Waals surface area contributed by atoms with Gasteiger partial charge in [0.15, 0.2) is 5.76 Å². The topological polar surface area (TPSA) is 77.1 Å². The van der Waals surface area contributed by atoms with Gasteiger partial charge in [-0.05, 0) is 43.3 Å². The van der Waals surface area contributed by atoms with Gasteiger partial charge in [-0.25, -0.2) is 9.07 Å². The molecule has 128 valence electrons. The van der Waals surface area contributed by atoms with Gasteiger partial charge in [0.25, 0.3) is 5.56 Å². The maximum atomic E-state index is 13.2. The zero-order chi connectivity index (χ0) is 18.0. The summed E-state index contributed by atoms with van der Waals surface area (Å²) in [5, 5.41) is 6.64. The van der Waals surface area contributed by atoms with Gasteiger partial charge in [-0.1, -0.05) is 11.6 Å². The molecule has 0 saturated carbocycles. The van der Waals surface area contributed by atoms with Gasteiger partial charge in [0, 0.05) is 11.8 Å².